The van der Waals surface area contributed by atoms with Crippen molar-refractivity contribution in [1.82, 2.24) is 4.90 Å². The van der Waals surface area contributed by atoms with Gasteiger partial charge in [0.05, 0.1) is 5.92 Å². The van der Waals surface area contributed by atoms with Gasteiger partial charge >= 0.3 is 0 Å². The number of piperidine rings is 1. The maximum atomic E-state index is 12.2. The van der Waals surface area contributed by atoms with E-state index in [1.165, 1.54) is 0 Å². The van der Waals surface area contributed by atoms with Gasteiger partial charge in [0.1, 0.15) is 0 Å². The van der Waals surface area contributed by atoms with Gasteiger partial charge in [0.25, 0.3) is 0 Å². The highest BCUT2D eigenvalue weighted by atomic mass is 32.1. The second-order valence-electron chi connectivity index (χ2n) is 4.91. The molecule has 1 aliphatic heterocycles. The van der Waals surface area contributed by atoms with E-state index in [0.29, 0.717) is 6.54 Å². The van der Waals surface area contributed by atoms with Crippen LogP contribution in [0.5, 0.6) is 0 Å². The first kappa shape index (κ1) is 13.8. The average molecular weight is 278 g/mol. The Morgan fingerprint density at radius 1 is 1.47 bits per heavy atom. The Morgan fingerprint density at radius 3 is 2.89 bits per heavy atom. The molecule has 2 rings (SSSR count). The van der Waals surface area contributed by atoms with Crippen LogP contribution in [-0.2, 0) is 9.59 Å². The standard InChI is InChI=1S/C14H18N2O2S/c1-10-2-4-12(14(15)18)8-16(10)13(17)5-3-11-6-7-19-9-11/h3,5-7,9-10,12H,2,4,8H2,1H3,(H2,15,18). The largest absolute Gasteiger partial charge is 0.369 e. The van der Waals surface area contributed by atoms with E-state index in [1.54, 1.807) is 28.4 Å². The van der Waals surface area contributed by atoms with Crippen LogP contribution < -0.4 is 5.73 Å². The van der Waals surface area contributed by atoms with Gasteiger partial charge in [-0.05, 0) is 48.2 Å². The summed E-state index contributed by atoms with van der Waals surface area (Å²) in [7, 11) is 0. The van der Waals surface area contributed by atoms with Gasteiger partial charge in [-0.3, -0.25) is 9.59 Å². The number of carbonyl (C=O) groups is 2. The van der Waals surface area contributed by atoms with E-state index >= 15 is 0 Å². The van der Waals surface area contributed by atoms with Gasteiger partial charge in [0.15, 0.2) is 0 Å². The molecule has 2 unspecified atom stereocenters. The van der Waals surface area contributed by atoms with Crippen molar-refractivity contribution in [2.24, 2.45) is 11.7 Å². The lowest BCUT2D eigenvalue weighted by molar-refractivity contribution is -0.133. The molecule has 1 saturated heterocycles. The third-order valence-electron chi connectivity index (χ3n) is 3.53. The van der Waals surface area contributed by atoms with Gasteiger partial charge in [0.2, 0.25) is 11.8 Å². The van der Waals surface area contributed by atoms with E-state index in [-0.39, 0.29) is 23.8 Å². The lowest BCUT2D eigenvalue weighted by Gasteiger charge is -2.36. The Hall–Kier alpha value is -1.62. The Labute approximate surface area is 116 Å². The summed E-state index contributed by atoms with van der Waals surface area (Å²) in [5.41, 5.74) is 6.36. The molecular formula is C14H18N2O2S. The minimum atomic E-state index is -0.313. The normalized spacial score (nSPS) is 23.7. The topological polar surface area (TPSA) is 63.4 Å². The lowest BCUT2D eigenvalue weighted by Crippen LogP contribution is -2.48. The highest BCUT2D eigenvalue weighted by molar-refractivity contribution is 7.08. The van der Waals surface area contributed by atoms with Gasteiger partial charge in [-0.1, -0.05) is 0 Å². The number of hydrogen-bond acceptors (Lipinski definition) is 3. The van der Waals surface area contributed by atoms with Gasteiger partial charge in [-0.25, -0.2) is 0 Å². The van der Waals surface area contributed by atoms with Crippen LogP contribution in [0.4, 0.5) is 0 Å². The van der Waals surface area contributed by atoms with Gasteiger partial charge in [-0.2, -0.15) is 11.3 Å². The van der Waals surface area contributed by atoms with E-state index in [9.17, 15) is 9.59 Å². The summed E-state index contributed by atoms with van der Waals surface area (Å²) < 4.78 is 0. The third kappa shape index (κ3) is 3.44. The number of nitrogens with two attached hydrogens (primary N) is 1. The zero-order chi connectivity index (χ0) is 13.8. The van der Waals surface area contributed by atoms with Crippen molar-refractivity contribution in [3.63, 3.8) is 0 Å². The Balaban J connectivity index is 2.02. The average Bonchev–Trinajstić information content (AvgIpc) is 2.89. The summed E-state index contributed by atoms with van der Waals surface area (Å²) in [6.45, 7) is 2.44. The highest BCUT2D eigenvalue weighted by Crippen LogP contribution is 2.22. The van der Waals surface area contributed by atoms with E-state index in [0.717, 1.165) is 18.4 Å². The van der Waals surface area contributed by atoms with Crippen LogP contribution in [-0.4, -0.2) is 29.3 Å². The molecule has 1 aliphatic rings. The predicted octanol–water partition coefficient (Wildman–Crippen LogP) is 1.87. The fraction of sp³-hybridized carbons (Fsp3) is 0.429. The predicted molar refractivity (Wildman–Crippen MR) is 76.4 cm³/mol. The maximum Gasteiger partial charge on any atom is 0.246 e. The van der Waals surface area contributed by atoms with E-state index in [1.807, 2.05) is 23.8 Å². The van der Waals surface area contributed by atoms with Crippen molar-refractivity contribution >= 4 is 29.2 Å². The molecule has 19 heavy (non-hydrogen) atoms. The number of nitrogens with zero attached hydrogens (tertiary/aromatic N) is 1. The maximum absolute atomic E-state index is 12.2. The smallest absolute Gasteiger partial charge is 0.246 e. The molecule has 0 bridgehead atoms. The number of carbonyl (C=O) groups excluding carboxylic acids is 2. The second kappa shape index (κ2) is 6.02. The Bertz CT molecular complexity index is 482. The van der Waals surface area contributed by atoms with E-state index < -0.39 is 0 Å². The second-order valence-corrected chi connectivity index (χ2v) is 5.69. The molecule has 5 heteroatoms. The Kier molecular flexibility index (Phi) is 4.37. The Morgan fingerprint density at radius 2 is 2.26 bits per heavy atom. The first-order chi connectivity index (χ1) is 9.08. The van der Waals surface area contributed by atoms with E-state index in [2.05, 4.69) is 0 Å². The van der Waals surface area contributed by atoms with Crippen LogP contribution in [0.25, 0.3) is 6.08 Å². The summed E-state index contributed by atoms with van der Waals surface area (Å²) in [5.74, 6) is -0.578. The number of rotatable bonds is 3. The monoisotopic (exact) mass is 278 g/mol. The molecule has 2 atom stereocenters. The molecule has 0 radical (unpaired) electrons. The molecule has 0 saturated carbocycles. The molecule has 0 aliphatic carbocycles. The molecule has 102 valence electrons. The van der Waals surface area contributed by atoms with Crippen LogP contribution in [0.15, 0.2) is 22.9 Å². The minimum Gasteiger partial charge on any atom is -0.369 e. The van der Waals surface area contributed by atoms with Gasteiger partial charge in [0, 0.05) is 18.7 Å². The molecule has 0 spiro atoms. The number of thiophene rings is 1. The van der Waals surface area contributed by atoms with Gasteiger partial charge in [-0.15, -0.1) is 0 Å². The molecule has 4 nitrogen and oxygen atoms in total. The number of amides is 2. The van der Waals surface area contributed by atoms with Gasteiger partial charge < -0.3 is 10.6 Å². The minimum absolute atomic E-state index is 0.0512. The molecule has 1 fully saturated rings. The fourth-order valence-corrected chi connectivity index (χ4v) is 2.91. The van der Waals surface area contributed by atoms with Crippen LogP contribution in [0.3, 0.4) is 0 Å². The van der Waals surface area contributed by atoms with Crippen LogP contribution in [0.2, 0.25) is 0 Å². The van der Waals surface area contributed by atoms with E-state index in [4.69, 9.17) is 5.73 Å². The quantitative estimate of drug-likeness (QED) is 0.858. The van der Waals surface area contributed by atoms with Crippen molar-refractivity contribution in [2.45, 2.75) is 25.8 Å². The van der Waals surface area contributed by atoms with Crippen LogP contribution in [0, 0.1) is 5.92 Å². The molecule has 1 aromatic rings. The lowest BCUT2D eigenvalue weighted by atomic mass is 9.93. The highest BCUT2D eigenvalue weighted by Gasteiger charge is 2.30. The molecular weight excluding hydrogens is 260 g/mol. The zero-order valence-electron chi connectivity index (χ0n) is 10.9. The fourth-order valence-electron chi connectivity index (χ4n) is 2.28. The first-order valence-corrected chi connectivity index (χ1v) is 7.32. The summed E-state index contributed by atoms with van der Waals surface area (Å²) in [4.78, 5) is 25.1. The first-order valence-electron chi connectivity index (χ1n) is 6.38. The van der Waals surface area contributed by atoms with Crippen molar-refractivity contribution in [1.29, 1.82) is 0 Å². The molecule has 2 amide bonds. The summed E-state index contributed by atoms with van der Waals surface area (Å²) >= 11 is 1.59. The SMILES string of the molecule is CC1CCC(C(N)=O)CN1C(=O)C=Cc1ccsc1. The number of likely N-dealkylation sites (tertiary alicyclic amines) is 1. The van der Waals surface area contributed by atoms with Crippen molar-refractivity contribution in [2.75, 3.05) is 6.54 Å². The van der Waals surface area contributed by atoms with Crippen molar-refractivity contribution in [3.8, 4) is 0 Å². The summed E-state index contributed by atoms with van der Waals surface area (Å²) in [6, 6.07) is 2.12. The molecule has 2 N–H and O–H groups in total. The zero-order valence-corrected chi connectivity index (χ0v) is 11.7. The molecule has 1 aromatic heterocycles. The van der Waals surface area contributed by atoms with Crippen molar-refractivity contribution in [3.05, 3.63) is 28.5 Å². The summed E-state index contributed by atoms with van der Waals surface area (Å²) in [5, 5.41) is 3.95. The van der Waals surface area contributed by atoms with Crippen LogP contribution in [0.1, 0.15) is 25.3 Å². The number of primary amides is 1. The number of hydrogen-bond donors (Lipinski definition) is 1. The molecule has 2 heterocycles. The van der Waals surface area contributed by atoms with Crippen molar-refractivity contribution < 1.29 is 9.59 Å². The molecule has 0 aromatic carbocycles. The third-order valence-corrected chi connectivity index (χ3v) is 4.23. The summed E-state index contributed by atoms with van der Waals surface area (Å²) in [6.07, 6.45) is 4.97. The van der Waals surface area contributed by atoms with Crippen LogP contribution >= 0.6 is 11.3 Å².